The van der Waals surface area contributed by atoms with E-state index in [2.05, 4.69) is 16.0 Å². The van der Waals surface area contributed by atoms with Crippen molar-refractivity contribution < 1.29 is 9.59 Å². The minimum Gasteiger partial charge on any atom is -0.356 e. The fourth-order valence-corrected chi connectivity index (χ4v) is 1.71. The molecule has 5 nitrogen and oxygen atoms in total. The number of amides is 2. The van der Waals surface area contributed by atoms with Crippen molar-refractivity contribution in [2.45, 2.75) is 25.8 Å². The van der Waals surface area contributed by atoms with E-state index < -0.39 is 0 Å². The van der Waals surface area contributed by atoms with Crippen LogP contribution in [0.25, 0.3) is 0 Å². The van der Waals surface area contributed by atoms with E-state index in [0.29, 0.717) is 25.9 Å². The van der Waals surface area contributed by atoms with Crippen molar-refractivity contribution >= 4 is 11.8 Å². The van der Waals surface area contributed by atoms with Gasteiger partial charge in [0.1, 0.15) is 0 Å². The van der Waals surface area contributed by atoms with E-state index in [1.54, 1.807) is 0 Å². The maximum absolute atomic E-state index is 11.6. The lowest BCUT2D eigenvalue weighted by molar-refractivity contribution is -0.122. The molecular formula is C15H23N3O2. The molecule has 0 aliphatic carbocycles. The lowest BCUT2D eigenvalue weighted by atomic mass is 10.2. The molecule has 0 saturated heterocycles. The summed E-state index contributed by atoms with van der Waals surface area (Å²) in [5, 5.41) is 8.55. The maximum atomic E-state index is 11.6. The number of hydrogen-bond acceptors (Lipinski definition) is 3. The van der Waals surface area contributed by atoms with Crippen LogP contribution in [0.5, 0.6) is 0 Å². The molecule has 0 radical (unpaired) electrons. The van der Waals surface area contributed by atoms with Crippen LogP contribution < -0.4 is 16.0 Å². The molecule has 0 spiro atoms. The highest BCUT2D eigenvalue weighted by Gasteiger charge is 2.03. The molecule has 3 N–H and O–H groups in total. The molecule has 1 aromatic carbocycles. The van der Waals surface area contributed by atoms with Gasteiger partial charge in [-0.3, -0.25) is 9.59 Å². The normalized spacial score (nSPS) is 10.1. The molecule has 0 unspecified atom stereocenters. The zero-order valence-electron chi connectivity index (χ0n) is 11.9. The van der Waals surface area contributed by atoms with E-state index in [9.17, 15) is 9.59 Å². The van der Waals surface area contributed by atoms with E-state index in [1.165, 1.54) is 0 Å². The number of carbonyl (C=O) groups is 2. The second-order valence-electron chi connectivity index (χ2n) is 4.57. The third-order valence-electron chi connectivity index (χ3n) is 2.84. The third kappa shape index (κ3) is 7.53. The van der Waals surface area contributed by atoms with Crippen molar-refractivity contribution in [3.05, 3.63) is 35.9 Å². The summed E-state index contributed by atoms with van der Waals surface area (Å²) in [6.45, 7) is 1.74. The Morgan fingerprint density at radius 2 is 1.65 bits per heavy atom. The molecule has 0 bridgehead atoms. The van der Waals surface area contributed by atoms with Gasteiger partial charge >= 0.3 is 0 Å². The van der Waals surface area contributed by atoms with Crippen LogP contribution in [0.2, 0.25) is 0 Å². The Hall–Kier alpha value is -1.88. The van der Waals surface area contributed by atoms with Gasteiger partial charge in [0.25, 0.3) is 0 Å². The van der Waals surface area contributed by atoms with Gasteiger partial charge in [0.2, 0.25) is 11.8 Å². The Balaban J connectivity index is 2.07. The quantitative estimate of drug-likeness (QED) is 0.585. The minimum absolute atomic E-state index is 0.00360. The van der Waals surface area contributed by atoms with E-state index in [0.717, 1.165) is 18.5 Å². The number of hydrogen-bond donors (Lipinski definition) is 3. The van der Waals surface area contributed by atoms with Crippen LogP contribution in [0, 0.1) is 0 Å². The monoisotopic (exact) mass is 277 g/mol. The summed E-state index contributed by atoms with van der Waals surface area (Å²) >= 11 is 0. The number of benzene rings is 1. The standard InChI is InChI=1S/C15H23N3O2/c1-16-10-5-8-14(19)17-11-9-15(20)18-12-13-6-3-2-4-7-13/h2-4,6-7,16H,5,8-12H2,1H3,(H,17,19)(H,18,20). The van der Waals surface area contributed by atoms with Crippen LogP contribution in [0.15, 0.2) is 30.3 Å². The lowest BCUT2D eigenvalue weighted by Crippen LogP contribution is -2.30. The second-order valence-corrected chi connectivity index (χ2v) is 4.57. The zero-order valence-corrected chi connectivity index (χ0v) is 11.9. The first kappa shape index (κ1) is 16.2. The first-order valence-corrected chi connectivity index (χ1v) is 6.94. The summed E-state index contributed by atoms with van der Waals surface area (Å²) in [7, 11) is 1.86. The Morgan fingerprint density at radius 1 is 0.950 bits per heavy atom. The molecule has 0 heterocycles. The van der Waals surface area contributed by atoms with Crippen molar-refractivity contribution in [3.63, 3.8) is 0 Å². The molecule has 1 rings (SSSR count). The molecule has 0 aliphatic rings. The third-order valence-corrected chi connectivity index (χ3v) is 2.84. The van der Waals surface area contributed by atoms with Crippen LogP contribution in [0.4, 0.5) is 0 Å². The van der Waals surface area contributed by atoms with Crippen molar-refractivity contribution in [2.24, 2.45) is 0 Å². The van der Waals surface area contributed by atoms with Crippen molar-refractivity contribution in [3.8, 4) is 0 Å². The van der Waals surface area contributed by atoms with Gasteiger partial charge in [-0.2, -0.15) is 0 Å². The predicted molar refractivity (Wildman–Crippen MR) is 79.1 cm³/mol. The Morgan fingerprint density at radius 3 is 2.35 bits per heavy atom. The molecule has 110 valence electrons. The number of rotatable bonds is 9. The smallest absolute Gasteiger partial charge is 0.222 e. The molecule has 0 saturated carbocycles. The summed E-state index contributed by atoms with van der Waals surface area (Å²) < 4.78 is 0. The van der Waals surface area contributed by atoms with Crippen LogP contribution in [-0.4, -0.2) is 32.0 Å². The van der Waals surface area contributed by atoms with Gasteiger partial charge in [0, 0.05) is 25.9 Å². The second kappa shape index (κ2) is 9.97. The van der Waals surface area contributed by atoms with Gasteiger partial charge in [-0.1, -0.05) is 30.3 Å². The van der Waals surface area contributed by atoms with E-state index in [4.69, 9.17) is 0 Å². The molecule has 1 aromatic rings. The number of carbonyl (C=O) groups excluding carboxylic acids is 2. The summed E-state index contributed by atoms with van der Waals surface area (Å²) in [4.78, 5) is 23.0. The Labute approximate surface area is 120 Å². The van der Waals surface area contributed by atoms with E-state index >= 15 is 0 Å². The molecule has 20 heavy (non-hydrogen) atoms. The minimum atomic E-state index is -0.0515. The van der Waals surface area contributed by atoms with E-state index in [1.807, 2.05) is 37.4 Å². The zero-order chi connectivity index (χ0) is 14.6. The van der Waals surface area contributed by atoms with Crippen LogP contribution in [0.3, 0.4) is 0 Å². The average Bonchev–Trinajstić information content (AvgIpc) is 2.46. The SMILES string of the molecule is CNCCCC(=O)NCCC(=O)NCc1ccccc1. The van der Waals surface area contributed by atoms with E-state index in [-0.39, 0.29) is 11.8 Å². The van der Waals surface area contributed by atoms with Gasteiger partial charge in [-0.05, 0) is 25.6 Å². The van der Waals surface area contributed by atoms with Gasteiger partial charge in [0.15, 0.2) is 0 Å². The van der Waals surface area contributed by atoms with Gasteiger partial charge in [0.05, 0.1) is 0 Å². The predicted octanol–water partition coefficient (Wildman–Crippen LogP) is 0.809. The van der Waals surface area contributed by atoms with Gasteiger partial charge < -0.3 is 16.0 Å². The van der Waals surface area contributed by atoms with Crippen molar-refractivity contribution in [2.75, 3.05) is 20.1 Å². The lowest BCUT2D eigenvalue weighted by Gasteiger charge is -2.07. The van der Waals surface area contributed by atoms with Crippen molar-refractivity contribution in [1.29, 1.82) is 0 Å². The number of nitrogens with one attached hydrogen (secondary N) is 3. The van der Waals surface area contributed by atoms with Gasteiger partial charge in [-0.15, -0.1) is 0 Å². The van der Waals surface area contributed by atoms with Crippen LogP contribution >= 0.6 is 0 Å². The summed E-state index contributed by atoms with van der Waals surface area (Å²) in [6.07, 6.45) is 1.61. The maximum Gasteiger partial charge on any atom is 0.222 e. The molecule has 2 amide bonds. The molecular weight excluding hydrogens is 254 g/mol. The fraction of sp³-hybridized carbons (Fsp3) is 0.467. The fourth-order valence-electron chi connectivity index (χ4n) is 1.71. The van der Waals surface area contributed by atoms with Crippen LogP contribution in [-0.2, 0) is 16.1 Å². The highest BCUT2D eigenvalue weighted by Crippen LogP contribution is 1.97. The first-order valence-electron chi connectivity index (χ1n) is 6.94. The first-order chi connectivity index (χ1) is 9.72. The highest BCUT2D eigenvalue weighted by molar-refractivity contribution is 5.78. The van der Waals surface area contributed by atoms with Gasteiger partial charge in [-0.25, -0.2) is 0 Å². The summed E-state index contributed by atoms with van der Waals surface area (Å²) in [5.74, 6) is -0.0551. The molecule has 0 aromatic heterocycles. The highest BCUT2D eigenvalue weighted by atomic mass is 16.2. The molecule has 5 heteroatoms. The Bertz CT molecular complexity index is 407. The van der Waals surface area contributed by atoms with Crippen LogP contribution in [0.1, 0.15) is 24.8 Å². The molecule has 0 aliphatic heterocycles. The topological polar surface area (TPSA) is 70.2 Å². The van der Waals surface area contributed by atoms with Crippen molar-refractivity contribution in [1.82, 2.24) is 16.0 Å². The molecule has 0 atom stereocenters. The summed E-state index contributed by atoms with van der Waals surface area (Å²) in [6, 6.07) is 9.74. The Kier molecular flexibility index (Phi) is 8.07. The average molecular weight is 277 g/mol. The summed E-state index contributed by atoms with van der Waals surface area (Å²) in [5.41, 5.74) is 1.07. The largest absolute Gasteiger partial charge is 0.356 e. The molecule has 0 fully saturated rings.